The van der Waals surface area contributed by atoms with Crippen molar-refractivity contribution in [3.05, 3.63) is 28.8 Å². The predicted octanol–water partition coefficient (Wildman–Crippen LogP) is 4.36. The zero-order valence-corrected chi connectivity index (χ0v) is 11.4. The highest BCUT2D eigenvalue weighted by Crippen LogP contribution is 2.23. The van der Waals surface area contributed by atoms with Crippen molar-refractivity contribution >= 4 is 17.4 Å². The fraction of sp³-hybridized carbons (Fsp3) is 0.500. The summed E-state index contributed by atoms with van der Waals surface area (Å²) in [6.07, 6.45) is 2.18. The van der Waals surface area contributed by atoms with Gasteiger partial charge in [-0.05, 0) is 43.9 Å². The van der Waals surface area contributed by atoms with Crippen LogP contribution in [-0.4, -0.2) is 12.4 Å². The second-order valence-electron chi connectivity index (χ2n) is 4.58. The van der Waals surface area contributed by atoms with Gasteiger partial charge in [-0.1, -0.05) is 25.4 Å². The van der Waals surface area contributed by atoms with Gasteiger partial charge in [0.1, 0.15) is 5.75 Å². The molecule has 0 atom stereocenters. The minimum atomic E-state index is -0.0265. The Morgan fingerprint density at radius 1 is 1.41 bits per heavy atom. The highest BCUT2D eigenvalue weighted by molar-refractivity contribution is 6.34. The number of benzene rings is 1. The lowest BCUT2D eigenvalue weighted by Gasteiger charge is -2.09. The van der Waals surface area contributed by atoms with E-state index < -0.39 is 0 Å². The number of ether oxygens (including phenoxy) is 1. The molecule has 0 saturated heterocycles. The lowest BCUT2D eigenvalue weighted by Crippen LogP contribution is -2.00. The van der Waals surface area contributed by atoms with Crippen LogP contribution in [0, 0.1) is 5.92 Å². The van der Waals surface area contributed by atoms with Gasteiger partial charge in [0, 0.05) is 5.56 Å². The van der Waals surface area contributed by atoms with Crippen molar-refractivity contribution in [3.63, 3.8) is 0 Å². The van der Waals surface area contributed by atoms with Crippen molar-refractivity contribution in [2.75, 3.05) is 6.61 Å². The Kier molecular flexibility index (Phi) is 5.49. The van der Waals surface area contributed by atoms with Gasteiger partial charge in [0.05, 0.1) is 11.6 Å². The average Bonchev–Trinajstić information content (AvgIpc) is 2.23. The zero-order valence-electron chi connectivity index (χ0n) is 10.6. The maximum absolute atomic E-state index is 11.2. The van der Waals surface area contributed by atoms with Crippen LogP contribution in [0.2, 0.25) is 5.02 Å². The maximum atomic E-state index is 11.2. The van der Waals surface area contributed by atoms with Crippen molar-refractivity contribution in [1.29, 1.82) is 0 Å². The number of Topliss-reactive ketones (excluding diaryl/α,β-unsaturated/α-hetero) is 1. The molecule has 0 N–H and O–H groups in total. The summed E-state index contributed by atoms with van der Waals surface area (Å²) in [5.74, 6) is 1.40. The Bertz CT molecular complexity index is 386. The van der Waals surface area contributed by atoms with E-state index in [2.05, 4.69) is 13.8 Å². The monoisotopic (exact) mass is 254 g/mol. The molecule has 0 unspecified atom stereocenters. The van der Waals surface area contributed by atoms with Gasteiger partial charge >= 0.3 is 0 Å². The van der Waals surface area contributed by atoms with Crippen molar-refractivity contribution in [3.8, 4) is 5.75 Å². The summed E-state index contributed by atoms with van der Waals surface area (Å²) in [5, 5.41) is 0.457. The van der Waals surface area contributed by atoms with E-state index in [9.17, 15) is 4.79 Å². The third kappa shape index (κ3) is 4.78. The second-order valence-corrected chi connectivity index (χ2v) is 4.99. The normalized spacial score (nSPS) is 10.6. The van der Waals surface area contributed by atoms with Crippen LogP contribution in [0.15, 0.2) is 18.2 Å². The summed E-state index contributed by atoms with van der Waals surface area (Å²) < 4.78 is 5.58. The number of halogens is 1. The molecule has 0 radical (unpaired) electrons. The lowest BCUT2D eigenvalue weighted by molar-refractivity contribution is 0.101. The van der Waals surface area contributed by atoms with Gasteiger partial charge < -0.3 is 4.74 Å². The first-order valence-corrected chi connectivity index (χ1v) is 6.31. The molecule has 17 heavy (non-hydrogen) atoms. The third-order valence-corrected chi connectivity index (χ3v) is 2.83. The molecule has 0 fully saturated rings. The first-order chi connectivity index (χ1) is 8.00. The molecule has 0 heterocycles. The molecule has 0 amide bonds. The van der Waals surface area contributed by atoms with Gasteiger partial charge in [0.2, 0.25) is 0 Å². The summed E-state index contributed by atoms with van der Waals surface area (Å²) in [6, 6.07) is 5.20. The fourth-order valence-electron chi connectivity index (χ4n) is 1.55. The summed E-state index contributed by atoms with van der Waals surface area (Å²) >= 11 is 5.99. The van der Waals surface area contributed by atoms with Crippen molar-refractivity contribution in [2.24, 2.45) is 5.92 Å². The molecule has 0 aliphatic carbocycles. The third-order valence-electron chi connectivity index (χ3n) is 2.51. The Morgan fingerprint density at radius 2 is 2.12 bits per heavy atom. The van der Waals surface area contributed by atoms with Gasteiger partial charge in [-0.3, -0.25) is 4.79 Å². The van der Waals surface area contributed by atoms with Crippen molar-refractivity contribution in [2.45, 2.75) is 33.6 Å². The number of hydrogen-bond donors (Lipinski definition) is 0. The van der Waals surface area contributed by atoms with E-state index in [4.69, 9.17) is 16.3 Å². The Morgan fingerprint density at radius 3 is 2.65 bits per heavy atom. The van der Waals surface area contributed by atoms with E-state index in [0.717, 1.165) is 18.6 Å². The first kappa shape index (κ1) is 14.0. The minimum absolute atomic E-state index is 0.0265. The molecule has 1 rings (SSSR count). The summed E-state index contributed by atoms with van der Waals surface area (Å²) in [5.41, 5.74) is 0.543. The SMILES string of the molecule is CC(=O)c1ccc(OCCCC(C)C)cc1Cl. The van der Waals surface area contributed by atoms with E-state index in [0.29, 0.717) is 23.1 Å². The molecule has 0 saturated carbocycles. The van der Waals surface area contributed by atoms with Crippen LogP contribution in [0.5, 0.6) is 5.75 Å². The van der Waals surface area contributed by atoms with Crippen LogP contribution < -0.4 is 4.74 Å². The highest BCUT2D eigenvalue weighted by atomic mass is 35.5. The Labute approximate surface area is 108 Å². The highest BCUT2D eigenvalue weighted by Gasteiger charge is 2.06. The molecule has 3 heteroatoms. The van der Waals surface area contributed by atoms with Crippen LogP contribution in [0.3, 0.4) is 0 Å². The molecule has 1 aromatic carbocycles. The van der Waals surface area contributed by atoms with E-state index in [1.807, 2.05) is 0 Å². The quantitative estimate of drug-likeness (QED) is 0.557. The zero-order chi connectivity index (χ0) is 12.8. The Hall–Kier alpha value is -1.02. The van der Waals surface area contributed by atoms with Crippen LogP contribution in [-0.2, 0) is 0 Å². The maximum Gasteiger partial charge on any atom is 0.161 e. The largest absolute Gasteiger partial charge is 0.494 e. The smallest absolute Gasteiger partial charge is 0.161 e. The Balaban J connectivity index is 2.50. The molecule has 0 aliphatic rings. The number of ketones is 1. The molecular weight excluding hydrogens is 236 g/mol. The number of rotatable bonds is 6. The predicted molar refractivity (Wildman–Crippen MR) is 71.0 cm³/mol. The molecule has 94 valence electrons. The van der Waals surface area contributed by atoms with Gasteiger partial charge in [-0.25, -0.2) is 0 Å². The van der Waals surface area contributed by atoms with Crippen LogP contribution in [0.1, 0.15) is 44.0 Å². The molecule has 1 aromatic rings. The summed E-state index contributed by atoms with van der Waals surface area (Å²) in [6.45, 7) is 6.58. The van der Waals surface area contributed by atoms with Gasteiger partial charge in [0.25, 0.3) is 0 Å². The minimum Gasteiger partial charge on any atom is -0.494 e. The molecule has 0 bridgehead atoms. The van der Waals surface area contributed by atoms with Gasteiger partial charge in [0.15, 0.2) is 5.78 Å². The fourth-order valence-corrected chi connectivity index (χ4v) is 1.86. The van der Waals surface area contributed by atoms with Crippen LogP contribution in [0.4, 0.5) is 0 Å². The number of carbonyl (C=O) groups excluding carboxylic acids is 1. The van der Waals surface area contributed by atoms with E-state index in [1.165, 1.54) is 6.92 Å². The number of hydrogen-bond acceptors (Lipinski definition) is 2. The average molecular weight is 255 g/mol. The van der Waals surface area contributed by atoms with Crippen LogP contribution in [0.25, 0.3) is 0 Å². The molecular formula is C14H19ClO2. The van der Waals surface area contributed by atoms with Crippen LogP contribution >= 0.6 is 11.6 Å². The topological polar surface area (TPSA) is 26.3 Å². The standard InChI is InChI=1S/C14H19ClO2/c1-10(2)5-4-8-17-12-6-7-13(11(3)16)14(15)9-12/h6-7,9-10H,4-5,8H2,1-3H3. The van der Waals surface area contributed by atoms with E-state index in [1.54, 1.807) is 18.2 Å². The summed E-state index contributed by atoms with van der Waals surface area (Å²) in [7, 11) is 0. The van der Waals surface area contributed by atoms with E-state index >= 15 is 0 Å². The number of carbonyl (C=O) groups is 1. The van der Waals surface area contributed by atoms with Gasteiger partial charge in [-0.15, -0.1) is 0 Å². The van der Waals surface area contributed by atoms with Crippen molar-refractivity contribution < 1.29 is 9.53 Å². The molecule has 0 aromatic heterocycles. The second kappa shape index (κ2) is 6.65. The van der Waals surface area contributed by atoms with Gasteiger partial charge in [-0.2, -0.15) is 0 Å². The molecule has 0 aliphatic heterocycles. The first-order valence-electron chi connectivity index (χ1n) is 5.94. The van der Waals surface area contributed by atoms with E-state index in [-0.39, 0.29) is 5.78 Å². The summed E-state index contributed by atoms with van der Waals surface area (Å²) in [4.78, 5) is 11.2. The van der Waals surface area contributed by atoms with Crippen molar-refractivity contribution in [1.82, 2.24) is 0 Å². The molecule has 2 nitrogen and oxygen atoms in total. The lowest BCUT2D eigenvalue weighted by atomic mass is 10.1. The molecule has 0 spiro atoms.